The molecule has 1 atom stereocenters. The molecule has 0 saturated heterocycles. The van der Waals surface area contributed by atoms with E-state index < -0.39 is 0 Å². The molecule has 0 bridgehead atoms. The average Bonchev–Trinajstić information content (AvgIpc) is 2.87. The van der Waals surface area contributed by atoms with E-state index in [2.05, 4.69) is 21.4 Å². The quantitative estimate of drug-likeness (QED) is 0.915. The van der Waals surface area contributed by atoms with Crippen LogP contribution in [-0.4, -0.2) is 28.7 Å². The number of fused-ring (bicyclic) bond motifs is 1. The van der Waals surface area contributed by atoms with Crippen LogP contribution in [0.5, 0.6) is 11.6 Å². The molecule has 3 rings (SSSR count). The van der Waals surface area contributed by atoms with Crippen LogP contribution < -0.4 is 14.8 Å². The summed E-state index contributed by atoms with van der Waals surface area (Å²) in [4.78, 5) is 8.52. The molecule has 1 unspecified atom stereocenters. The fourth-order valence-electron chi connectivity index (χ4n) is 2.31. The van der Waals surface area contributed by atoms with Gasteiger partial charge in [-0.2, -0.15) is 4.98 Å². The van der Waals surface area contributed by atoms with Gasteiger partial charge in [0.1, 0.15) is 11.9 Å². The number of nitrogens with one attached hydrogen (secondary N) is 1. The van der Waals surface area contributed by atoms with Crippen LogP contribution in [0.15, 0.2) is 36.5 Å². The summed E-state index contributed by atoms with van der Waals surface area (Å²) >= 11 is 0. The Bertz CT molecular complexity index is 591. The van der Waals surface area contributed by atoms with Crippen LogP contribution in [0, 0.1) is 0 Å². The summed E-state index contributed by atoms with van der Waals surface area (Å²) in [5.74, 6) is 2.12. The molecule has 1 aromatic carbocycles. The fourth-order valence-corrected chi connectivity index (χ4v) is 2.31. The Morgan fingerprint density at radius 3 is 3.00 bits per heavy atom. The Hall–Kier alpha value is -2.30. The van der Waals surface area contributed by atoms with Crippen LogP contribution in [0.4, 0.5) is 5.95 Å². The average molecular weight is 285 g/mol. The zero-order valence-electron chi connectivity index (χ0n) is 12.2. The van der Waals surface area contributed by atoms with Crippen LogP contribution in [0.3, 0.4) is 0 Å². The summed E-state index contributed by atoms with van der Waals surface area (Å²) in [5, 5.41) is 3.21. The molecule has 0 spiro atoms. The summed E-state index contributed by atoms with van der Waals surface area (Å²) in [5.41, 5.74) is 1.25. The Labute approximate surface area is 124 Å². The van der Waals surface area contributed by atoms with E-state index in [0.29, 0.717) is 18.4 Å². The molecule has 2 heterocycles. The largest absolute Gasteiger partial charge is 0.488 e. The third kappa shape index (κ3) is 3.42. The van der Waals surface area contributed by atoms with E-state index in [1.165, 1.54) is 5.56 Å². The van der Waals surface area contributed by atoms with E-state index in [4.69, 9.17) is 9.47 Å². The highest BCUT2D eigenvalue weighted by Crippen LogP contribution is 2.28. The van der Waals surface area contributed by atoms with Gasteiger partial charge in [0.15, 0.2) is 0 Å². The van der Waals surface area contributed by atoms with Crippen LogP contribution in [0.1, 0.15) is 19.4 Å². The Balaban J connectivity index is 1.57. The molecule has 1 aliphatic heterocycles. The minimum absolute atomic E-state index is 0.0976. The minimum Gasteiger partial charge on any atom is -0.488 e. The van der Waals surface area contributed by atoms with Crippen LogP contribution in [0.2, 0.25) is 0 Å². The molecule has 0 aliphatic carbocycles. The van der Waals surface area contributed by atoms with Crippen LogP contribution in [0.25, 0.3) is 0 Å². The first kappa shape index (κ1) is 13.7. The maximum absolute atomic E-state index is 5.87. The van der Waals surface area contributed by atoms with Crippen LogP contribution in [-0.2, 0) is 6.42 Å². The molecule has 1 aliphatic rings. The molecule has 21 heavy (non-hydrogen) atoms. The van der Waals surface area contributed by atoms with Gasteiger partial charge < -0.3 is 14.8 Å². The minimum atomic E-state index is 0.0976. The normalized spacial score (nSPS) is 16.4. The van der Waals surface area contributed by atoms with Crippen molar-refractivity contribution in [1.82, 2.24) is 9.97 Å². The molecule has 5 heteroatoms. The number of para-hydroxylation sites is 1. The summed E-state index contributed by atoms with van der Waals surface area (Å²) in [7, 11) is 0. The number of nitrogens with zero attached hydrogens (tertiary/aromatic N) is 2. The first-order valence-electron chi connectivity index (χ1n) is 7.19. The monoisotopic (exact) mass is 285 g/mol. The van der Waals surface area contributed by atoms with E-state index >= 15 is 0 Å². The molecule has 0 saturated carbocycles. The maximum Gasteiger partial charge on any atom is 0.226 e. The predicted molar refractivity (Wildman–Crippen MR) is 80.8 cm³/mol. The second-order valence-electron chi connectivity index (χ2n) is 5.32. The SMILES string of the molecule is CC(C)Oc1ccnc(NCC2Cc3ccccc3O2)n1. The molecule has 110 valence electrons. The van der Waals surface area contributed by atoms with Crippen molar-refractivity contribution in [2.75, 3.05) is 11.9 Å². The molecular weight excluding hydrogens is 266 g/mol. The van der Waals surface area contributed by atoms with Gasteiger partial charge in [-0.15, -0.1) is 0 Å². The number of anilines is 1. The summed E-state index contributed by atoms with van der Waals surface area (Å²) in [6.45, 7) is 4.61. The van der Waals surface area contributed by atoms with Gasteiger partial charge in [0.05, 0.1) is 12.6 Å². The van der Waals surface area contributed by atoms with Gasteiger partial charge >= 0.3 is 0 Å². The lowest BCUT2D eigenvalue weighted by Gasteiger charge is -2.13. The summed E-state index contributed by atoms with van der Waals surface area (Å²) in [6.07, 6.45) is 2.81. The van der Waals surface area contributed by atoms with E-state index in [1.807, 2.05) is 32.0 Å². The topological polar surface area (TPSA) is 56.3 Å². The molecular formula is C16H19N3O2. The molecule has 1 N–H and O–H groups in total. The third-order valence-electron chi connectivity index (χ3n) is 3.19. The van der Waals surface area contributed by atoms with Gasteiger partial charge in [-0.05, 0) is 25.5 Å². The van der Waals surface area contributed by atoms with Gasteiger partial charge in [-0.1, -0.05) is 18.2 Å². The van der Waals surface area contributed by atoms with Crippen molar-refractivity contribution in [2.24, 2.45) is 0 Å². The molecule has 2 aromatic rings. The predicted octanol–water partition coefficient (Wildman–Crippen LogP) is 2.68. The van der Waals surface area contributed by atoms with Crippen molar-refractivity contribution in [3.05, 3.63) is 42.1 Å². The number of benzene rings is 1. The lowest BCUT2D eigenvalue weighted by atomic mass is 10.1. The second kappa shape index (κ2) is 5.99. The van der Waals surface area contributed by atoms with E-state index in [9.17, 15) is 0 Å². The van der Waals surface area contributed by atoms with Crippen molar-refractivity contribution < 1.29 is 9.47 Å². The van der Waals surface area contributed by atoms with Crippen molar-refractivity contribution in [3.8, 4) is 11.6 Å². The zero-order valence-corrected chi connectivity index (χ0v) is 12.2. The fraction of sp³-hybridized carbons (Fsp3) is 0.375. The van der Waals surface area contributed by atoms with Gasteiger partial charge in [0.25, 0.3) is 0 Å². The van der Waals surface area contributed by atoms with Gasteiger partial charge in [-0.3, -0.25) is 0 Å². The number of ether oxygens (including phenoxy) is 2. The van der Waals surface area contributed by atoms with Crippen molar-refractivity contribution in [2.45, 2.75) is 32.5 Å². The molecule has 5 nitrogen and oxygen atoms in total. The van der Waals surface area contributed by atoms with Crippen LogP contribution >= 0.6 is 0 Å². The number of rotatable bonds is 5. The Morgan fingerprint density at radius 1 is 1.33 bits per heavy atom. The summed E-state index contributed by atoms with van der Waals surface area (Å²) in [6, 6.07) is 9.89. The Kier molecular flexibility index (Phi) is 3.90. The Morgan fingerprint density at radius 2 is 2.19 bits per heavy atom. The highest BCUT2D eigenvalue weighted by molar-refractivity contribution is 5.38. The first-order chi connectivity index (χ1) is 10.2. The molecule has 0 radical (unpaired) electrons. The van der Waals surface area contributed by atoms with Crippen molar-refractivity contribution in [3.63, 3.8) is 0 Å². The molecule has 1 aromatic heterocycles. The number of aromatic nitrogens is 2. The lowest BCUT2D eigenvalue weighted by Crippen LogP contribution is -2.24. The second-order valence-corrected chi connectivity index (χ2v) is 5.32. The maximum atomic E-state index is 5.87. The molecule has 0 fully saturated rings. The van der Waals surface area contributed by atoms with E-state index in [-0.39, 0.29) is 12.2 Å². The first-order valence-corrected chi connectivity index (χ1v) is 7.19. The van der Waals surface area contributed by atoms with Gasteiger partial charge in [0, 0.05) is 18.7 Å². The standard InChI is InChI=1S/C16H19N3O2/c1-11(2)20-15-7-8-17-16(19-15)18-10-13-9-12-5-3-4-6-14(12)21-13/h3-8,11,13H,9-10H2,1-2H3,(H,17,18,19). The van der Waals surface area contributed by atoms with Gasteiger partial charge in [-0.25, -0.2) is 4.98 Å². The smallest absolute Gasteiger partial charge is 0.226 e. The number of hydrogen-bond donors (Lipinski definition) is 1. The van der Waals surface area contributed by atoms with E-state index in [0.717, 1.165) is 12.2 Å². The third-order valence-corrected chi connectivity index (χ3v) is 3.19. The zero-order chi connectivity index (χ0) is 14.7. The summed E-state index contributed by atoms with van der Waals surface area (Å²) < 4.78 is 11.4. The highest BCUT2D eigenvalue weighted by Gasteiger charge is 2.22. The van der Waals surface area contributed by atoms with E-state index in [1.54, 1.807) is 12.3 Å². The highest BCUT2D eigenvalue weighted by atomic mass is 16.5. The van der Waals surface area contributed by atoms with Gasteiger partial charge in [0.2, 0.25) is 11.8 Å². The number of hydrogen-bond acceptors (Lipinski definition) is 5. The lowest BCUT2D eigenvalue weighted by molar-refractivity contribution is 0.232. The van der Waals surface area contributed by atoms with Crippen molar-refractivity contribution >= 4 is 5.95 Å². The molecule has 0 amide bonds. The van der Waals surface area contributed by atoms with Crippen molar-refractivity contribution in [1.29, 1.82) is 0 Å².